The number of nitro groups is 1. The lowest BCUT2D eigenvalue weighted by atomic mass is 10.0. The molecule has 0 radical (unpaired) electrons. The average molecular weight is 316 g/mol. The van der Waals surface area contributed by atoms with Crippen LogP contribution < -0.4 is 5.73 Å². The van der Waals surface area contributed by atoms with Gasteiger partial charge in [0.1, 0.15) is 0 Å². The van der Waals surface area contributed by atoms with Crippen LogP contribution in [0.3, 0.4) is 0 Å². The fraction of sp³-hybridized carbons (Fsp3) is 0.294. The molecule has 0 aromatic heterocycles. The molecule has 2 rings (SSSR count). The highest BCUT2D eigenvalue weighted by Crippen LogP contribution is 2.38. The molecule has 0 saturated carbocycles. The molecule has 116 valence electrons. The molecule has 0 fully saturated rings. The summed E-state index contributed by atoms with van der Waals surface area (Å²) < 4.78 is 0. The van der Waals surface area contributed by atoms with Gasteiger partial charge in [-0.1, -0.05) is 50.2 Å². The van der Waals surface area contributed by atoms with E-state index in [9.17, 15) is 10.1 Å². The smallest absolute Gasteiger partial charge is 0.220 e. The van der Waals surface area contributed by atoms with Gasteiger partial charge >= 0.3 is 0 Å². The van der Waals surface area contributed by atoms with Crippen LogP contribution in [0.2, 0.25) is 0 Å². The summed E-state index contributed by atoms with van der Waals surface area (Å²) in [5.74, 6) is 0.445. The van der Waals surface area contributed by atoms with Gasteiger partial charge in [0.2, 0.25) is 6.54 Å². The molecule has 1 atom stereocenters. The molecule has 0 saturated heterocycles. The van der Waals surface area contributed by atoms with Gasteiger partial charge in [-0.3, -0.25) is 10.1 Å². The van der Waals surface area contributed by atoms with Gasteiger partial charge in [-0.15, -0.1) is 11.8 Å². The van der Waals surface area contributed by atoms with Crippen molar-refractivity contribution in [2.45, 2.75) is 29.9 Å². The lowest BCUT2D eigenvalue weighted by Gasteiger charge is -2.15. The molecule has 0 amide bonds. The van der Waals surface area contributed by atoms with Crippen molar-refractivity contribution in [2.24, 2.45) is 0 Å². The summed E-state index contributed by atoms with van der Waals surface area (Å²) in [6.45, 7) is 4.13. The van der Waals surface area contributed by atoms with Gasteiger partial charge in [-0.2, -0.15) is 0 Å². The second-order valence-corrected chi connectivity index (χ2v) is 6.73. The van der Waals surface area contributed by atoms with E-state index in [0.29, 0.717) is 11.6 Å². The predicted octanol–water partition coefficient (Wildman–Crippen LogP) is 4.50. The number of anilines is 1. The van der Waals surface area contributed by atoms with Gasteiger partial charge in [0.15, 0.2) is 0 Å². The summed E-state index contributed by atoms with van der Waals surface area (Å²) >= 11 is 1.44. The molecule has 4 nitrogen and oxygen atoms in total. The highest BCUT2D eigenvalue weighted by molar-refractivity contribution is 7.99. The van der Waals surface area contributed by atoms with Crippen LogP contribution in [-0.4, -0.2) is 11.5 Å². The zero-order chi connectivity index (χ0) is 16.1. The molecule has 2 aromatic rings. The van der Waals surface area contributed by atoms with Gasteiger partial charge in [-0.25, -0.2) is 0 Å². The number of nitrogens with two attached hydrogens (primary N) is 1. The quantitative estimate of drug-likeness (QED) is 0.368. The first-order chi connectivity index (χ1) is 10.5. The van der Waals surface area contributed by atoms with Gasteiger partial charge in [-0.05, 0) is 29.2 Å². The minimum atomic E-state index is -0.271. The molecule has 0 aliphatic heterocycles. The van der Waals surface area contributed by atoms with Crippen molar-refractivity contribution in [3.8, 4) is 0 Å². The number of para-hydroxylation sites is 1. The molecule has 22 heavy (non-hydrogen) atoms. The van der Waals surface area contributed by atoms with Crippen LogP contribution >= 0.6 is 11.8 Å². The van der Waals surface area contributed by atoms with Gasteiger partial charge < -0.3 is 5.73 Å². The molecule has 5 heteroatoms. The Kier molecular flexibility index (Phi) is 5.44. The van der Waals surface area contributed by atoms with Gasteiger partial charge in [0, 0.05) is 15.5 Å². The standard InChI is InChI=1S/C17H20N2O2S/c1-12(2)13-7-9-14(10-8-13)17(11-19(20)21)22-16-6-4-3-5-15(16)18/h3-10,12,17H,11,18H2,1-2H3. The van der Waals surface area contributed by atoms with Crippen molar-refractivity contribution in [1.29, 1.82) is 0 Å². The first kappa shape index (κ1) is 16.4. The molecule has 0 heterocycles. The number of nitrogens with zero attached hydrogens (tertiary/aromatic N) is 1. The highest BCUT2D eigenvalue weighted by atomic mass is 32.2. The van der Waals surface area contributed by atoms with Crippen LogP contribution in [0.4, 0.5) is 5.69 Å². The van der Waals surface area contributed by atoms with Crippen LogP contribution in [0.1, 0.15) is 36.1 Å². The molecule has 2 N–H and O–H groups in total. The van der Waals surface area contributed by atoms with Gasteiger partial charge in [0.25, 0.3) is 0 Å². The predicted molar refractivity (Wildman–Crippen MR) is 91.8 cm³/mol. The van der Waals surface area contributed by atoms with Crippen LogP contribution in [0, 0.1) is 10.1 Å². The largest absolute Gasteiger partial charge is 0.398 e. The van der Waals surface area contributed by atoms with E-state index in [-0.39, 0.29) is 16.7 Å². The van der Waals surface area contributed by atoms with E-state index in [4.69, 9.17) is 5.73 Å². The van der Waals surface area contributed by atoms with E-state index in [2.05, 4.69) is 13.8 Å². The molecule has 1 unspecified atom stereocenters. The van der Waals surface area contributed by atoms with E-state index in [1.807, 2.05) is 48.5 Å². The van der Waals surface area contributed by atoms with Crippen molar-refractivity contribution < 1.29 is 4.92 Å². The Morgan fingerprint density at radius 1 is 1.09 bits per heavy atom. The second kappa shape index (κ2) is 7.31. The molecule has 0 bridgehead atoms. The fourth-order valence-corrected chi connectivity index (χ4v) is 3.34. The second-order valence-electron chi connectivity index (χ2n) is 5.48. The third-order valence-corrected chi connectivity index (χ3v) is 4.81. The minimum Gasteiger partial charge on any atom is -0.398 e. The Morgan fingerprint density at radius 3 is 2.23 bits per heavy atom. The summed E-state index contributed by atoms with van der Waals surface area (Å²) in [7, 11) is 0. The number of hydrogen-bond donors (Lipinski definition) is 1. The Labute approximate surface area is 134 Å². The minimum absolute atomic E-state index is 0.125. The van der Waals surface area contributed by atoms with Gasteiger partial charge in [0.05, 0.1) is 5.25 Å². The van der Waals surface area contributed by atoms with Crippen molar-refractivity contribution in [3.63, 3.8) is 0 Å². The number of nitrogen functional groups attached to an aromatic ring is 1. The molecular weight excluding hydrogens is 296 g/mol. The Balaban J connectivity index is 2.26. The zero-order valence-electron chi connectivity index (χ0n) is 12.7. The summed E-state index contributed by atoms with van der Waals surface area (Å²) in [5.41, 5.74) is 8.79. The topological polar surface area (TPSA) is 69.2 Å². The lowest BCUT2D eigenvalue weighted by Crippen LogP contribution is -2.10. The molecular formula is C17H20N2O2S. The molecule has 0 spiro atoms. The SMILES string of the molecule is CC(C)c1ccc(C(C[N+](=O)[O-])Sc2ccccc2N)cc1. The van der Waals surface area contributed by atoms with E-state index < -0.39 is 0 Å². The van der Waals surface area contributed by atoms with Crippen molar-refractivity contribution in [2.75, 3.05) is 12.3 Å². The third-order valence-electron chi connectivity index (χ3n) is 3.48. The number of hydrogen-bond acceptors (Lipinski definition) is 4. The van der Waals surface area contributed by atoms with E-state index >= 15 is 0 Å². The Hall–Kier alpha value is -2.01. The summed E-state index contributed by atoms with van der Waals surface area (Å²) in [6.07, 6.45) is 0. The maximum Gasteiger partial charge on any atom is 0.220 e. The first-order valence-electron chi connectivity index (χ1n) is 7.20. The zero-order valence-corrected chi connectivity index (χ0v) is 13.5. The molecule has 0 aliphatic carbocycles. The number of thioether (sulfide) groups is 1. The number of benzene rings is 2. The Bertz CT molecular complexity index is 641. The van der Waals surface area contributed by atoms with E-state index in [1.54, 1.807) is 0 Å². The van der Waals surface area contributed by atoms with Crippen LogP contribution in [0.5, 0.6) is 0 Å². The van der Waals surface area contributed by atoms with E-state index in [0.717, 1.165) is 10.5 Å². The lowest BCUT2D eigenvalue weighted by molar-refractivity contribution is -0.479. The summed E-state index contributed by atoms with van der Waals surface area (Å²) in [6, 6.07) is 15.5. The average Bonchev–Trinajstić information content (AvgIpc) is 2.48. The summed E-state index contributed by atoms with van der Waals surface area (Å²) in [4.78, 5) is 11.6. The van der Waals surface area contributed by atoms with Crippen LogP contribution in [0.15, 0.2) is 53.4 Å². The van der Waals surface area contributed by atoms with Crippen LogP contribution in [0.25, 0.3) is 0 Å². The maximum absolute atomic E-state index is 11.0. The van der Waals surface area contributed by atoms with Crippen molar-refractivity contribution >= 4 is 17.4 Å². The number of rotatable bonds is 6. The van der Waals surface area contributed by atoms with Crippen molar-refractivity contribution in [3.05, 3.63) is 69.8 Å². The first-order valence-corrected chi connectivity index (χ1v) is 8.08. The third kappa shape index (κ3) is 4.24. The summed E-state index contributed by atoms with van der Waals surface area (Å²) in [5, 5.41) is 10.7. The van der Waals surface area contributed by atoms with Crippen LogP contribution in [-0.2, 0) is 0 Å². The maximum atomic E-state index is 11.0. The molecule has 2 aromatic carbocycles. The van der Waals surface area contributed by atoms with E-state index in [1.165, 1.54) is 17.3 Å². The highest BCUT2D eigenvalue weighted by Gasteiger charge is 2.20. The normalized spacial score (nSPS) is 12.3. The fourth-order valence-electron chi connectivity index (χ4n) is 2.18. The molecule has 0 aliphatic rings. The monoisotopic (exact) mass is 316 g/mol. The Morgan fingerprint density at radius 2 is 1.68 bits per heavy atom. The van der Waals surface area contributed by atoms with Crippen molar-refractivity contribution in [1.82, 2.24) is 0 Å².